The summed E-state index contributed by atoms with van der Waals surface area (Å²) < 4.78 is 0. The number of nitrogens with one attached hydrogen (secondary N) is 1. The second-order valence-electron chi connectivity index (χ2n) is 6.48. The molecule has 0 saturated carbocycles. The van der Waals surface area contributed by atoms with Gasteiger partial charge < -0.3 is 10.2 Å². The first-order valence-corrected chi connectivity index (χ1v) is 9.52. The molecule has 1 aromatic heterocycles. The van der Waals surface area contributed by atoms with Gasteiger partial charge in [-0.15, -0.1) is 11.3 Å². The number of benzene rings is 1. The highest BCUT2D eigenvalue weighted by Crippen LogP contribution is 2.19. The van der Waals surface area contributed by atoms with Gasteiger partial charge in [-0.3, -0.25) is 4.79 Å². The third-order valence-corrected chi connectivity index (χ3v) is 5.39. The van der Waals surface area contributed by atoms with Crippen molar-refractivity contribution in [3.05, 3.63) is 52.0 Å². The molecule has 1 aliphatic heterocycles. The zero-order chi connectivity index (χ0) is 16.8. The first kappa shape index (κ1) is 17.1. The molecule has 2 heterocycles. The quantitative estimate of drug-likeness (QED) is 0.877. The Kier molecular flexibility index (Phi) is 5.99. The van der Waals surface area contributed by atoms with Gasteiger partial charge in [0.2, 0.25) is 5.91 Å². The predicted octanol–water partition coefficient (Wildman–Crippen LogP) is 2.73. The Hall–Kier alpha value is -1.72. The van der Waals surface area contributed by atoms with E-state index >= 15 is 0 Å². The number of carbonyl (C=O) groups is 1. The summed E-state index contributed by atoms with van der Waals surface area (Å²) in [4.78, 5) is 19.2. The van der Waals surface area contributed by atoms with Crippen LogP contribution >= 0.6 is 11.3 Å². The summed E-state index contributed by atoms with van der Waals surface area (Å²) in [5.74, 6) is 0.795. The third-order valence-electron chi connectivity index (χ3n) is 4.49. The molecule has 3 rings (SSSR count). The fourth-order valence-corrected chi connectivity index (χ4v) is 4.12. The molecule has 1 saturated heterocycles. The van der Waals surface area contributed by atoms with E-state index in [4.69, 9.17) is 0 Å². The first-order chi connectivity index (χ1) is 11.7. The van der Waals surface area contributed by atoms with Crippen LogP contribution in [0.3, 0.4) is 0 Å². The standard InChI is InChI=1S/C19H25N3OS/c1-20-12-16-8-5-9-22(13-16)19(23)11-17-14-24-18(21-17)10-15-6-3-2-4-7-15/h2-4,6-7,14,16,20H,5,8-13H2,1H3. The number of hydrogen-bond acceptors (Lipinski definition) is 4. The average molecular weight is 343 g/mol. The van der Waals surface area contributed by atoms with Crippen LogP contribution in [0, 0.1) is 5.92 Å². The molecule has 128 valence electrons. The SMILES string of the molecule is CNCC1CCCN(C(=O)Cc2csc(Cc3ccccc3)n2)C1. The second kappa shape index (κ2) is 8.40. The van der Waals surface area contributed by atoms with Crippen molar-refractivity contribution in [1.29, 1.82) is 0 Å². The molecule has 0 bridgehead atoms. The van der Waals surface area contributed by atoms with Crippen LogP contribution in [0.2, 0.25) is 0 Å². The van der Waals surface area contributed by atoms with Crippen molar-refractivity contribution >= 4 is 17.2 Å². The van der Waals surface area contributed by atoms with Crippen LogP contribution in [0.25, 0.3) is 0 Å². The highest BCUT2D eigenvalue weighted by molar-refractivity contribution is 7.09. The maximum absolute atomic E-state index is 12.6. The van der Waals surface area contributed by atoms with Crippen molar-refractivity contribution in [3.63, 3.8) is 0 Å². The van der Waals surface area contributed by atoms with Crippen LogP contribution in [0.4, 0.5) is 0 Å². The average Bonchev–Trinajstić information content (AvgIpc) is 3.03. The lowest BCUT2D eigenvalue weighted by atomic mass is 9.97. The van der Waals surface area contributed by atoms with E-state index < -0.39 is 0 Å². The van der Waals surface area contributed by atoms with Crippen molar-refractivity contribution < 1.29 is 4.79 Å². The van der Waals surface area contributed by atoms with Crippen molar-refractivity contribution in [1.82, 2.24) is 15.2 Å². The molecule has 4 nitrogen and oxygen atoms in total. The minimum Gasteiger partial charge on any atom is -0.342 e. The Morgan fingerprint density at radius 2 is 2.21 bits per heavy atom. The smallest absolute Gasteiger partial charge is 0.228 e. The predicted molar refractivity (Wildman–Crippen MR) is 98.3 cm³/mol. The normalized spacial score (nSPS) is 17.9. The molecule has 1 amide bonds. The lowest BCUT2D eigenvalue weighted by Gasteiger charge is -2.32. The van der Waals surface area contributed by atoms with Gasteiger partial charge in [0.05, 0.1) is 17.1 Å². The maximum Gasteiger partial charge on any atom is 0.228 e. The van der Waals surface area contributed by atoms with Crippen LogP contribution in [-0.2, 0) is 17.6 Å². The summed E-state index contributed by atoms with van der Waals surface area (Å²) >= 11 is 1.65. The molecule has 0 spiro atoms. The van der Waals surface area contributed by atoms with Crippen molar-refractivity contribution in [2.45, 2.75) is 25.7 Å². The van der Waals surface area contributed by atoms with Crippen molar-refractivity contribution in [2.24, 2.45) is 5.92 Å². The molecule has 0 aliphatic carbocycles. The number of aromatic nitrogens is 1. The minimum absolute atomic E-state index is 0.215. The number of carbonyl (C=O) groups excluding carboxylic acids is 1. The Morgan fingerprint density at radius 3 is 3.00 bits per heavy atom. The molecule has 24 heavy (non-hydrogen) atoms. The highest BCUT2D eigenvalue weighted by Gasteiger charge is 2.23. The van der Waals surface area contributed by atoms with E-state index in [0.29, 0.717) is 12.3 Å². The van der Waals surface area contributed by atoms with E-state index in [9.17, 15) is 4.79 Å². The van der Waals surface area contributed by atoms with E-state index in [-0.39, 0.29) is 5.91 Å². The molecule has 1 fully saturated rings. The number of rotatable bonds is 6. The van der Waals surface area contributed by atoms with Gasteiger partial charge in [0.25, 0.3) is 0 Å². The number of hydrogen-bond donors (Lipinski definition) is 1. The van der Waals surface area contributed by atoms with E-state index in [1.807, 2.05) is 35.5 Å². The summed E-state index contributed by atoms with van der Waals surface area (Å²) in [6.07, 6.45) is 3.59. The minimum atomic E-state index is 0.215. The number of piperidine rings is 1. The number of nitrogens with zero attached hydrogens (tertiary/aromatic N) is 2. The lowest BCUT2D eigenvalue weighted by Crippen LogP contribution is -2.43. The van der Waals surface area contributed by atoms with Crippen LogP contribution in [0.5, 0.6) is 0 Å². The van der Waals surface area contributed by atoms with Gasteiger partial charge in [-0.1, -0.05) is 30.3 Å². The highest BCUT2D eigenvalue weighted by atomic mass is 32.1. The molecular weight excluding hydrogens is 318 g/mol. The monoisotopic (exact) mass is 343 g/mol. The fourth-order valence-electron chi connectivity index (χ4n) is 3.30. The van der Waals surface area contributed by atoms with Gasteiger partial charge in [0, 0.05) is 24.9 Å². The number of likely N-dealkylation sites (tertiary alicyclic amines) is 1. The molecule has 5 heteroatoms. The van der Waals surface area contributed by atoms with E-state index in [1.54, 1.807) is 11.3 Å². The fraction of sp³-hybridized carbons (Fsp3) is 0.474. The topological polar surface area (TPSA) is 45.2 Å². The van der Waals surface area contributed by atoms with Crippen LogP contribution < -0.4 is 5.32 Å². The second-order valence-corrected chi connectivity index (χ2v) is 7.42. The van der Waals surface area contributed by atoms with Gasteiger partial charge in [0.15, 0.2) is 0 Å². The summed E-state index contributed by atoms with van der Waals surface area (Å²) in [7, 11) is 1.98. The van der Waals surface area contributed by atoms with Gasteiger partial charge >= 0.3 is 0 Å². The molecule has 1 aliphatic rings. The zero-order valence-corrected chi connectivity index (χ0v) is 15.0. The Bertz CT molecular complexity index is 654. The first-order valence-electron chi connectivity index (χ1n) is 8.64. The Balaban J connectivity index is 1.55. The third kappa shape index (κ3) is 4.65. The summed E-state index contributed by atoms with van der Waals surface area (Å²) in [5.41, 5.74) is 2.17. The lowest BCUT2D eigenvalue weighted by molar-refractivity contribution is -0.132. The molecule has 1 N–H and O–H groups in total. The van der Waals surface area contributed by atoms with Gasteiger partial charge in [-0.2, -0.15) is 0 Å². The molecule has 1 aromatic carbocycles. The van der Waals surface area contributed by atoms with Gasteiger partial charge in [-0.05, 0) is 37.9 Å². The molecule has 2 aromatic rings. The van der Waals surface area contributed by atoms with Crippen LogP contribution in [0.1, 0.15) is 29.1 Å². The largest absolute Gasteiger partial charge is 0.342 e. The molecular formula is C19H25N3OS. The van der Waals surface area contributed by atoms with Crippen molar-refractivity contribution in [3.8, 4) is 0 Å². The van der Waals surface area contributed by atoms with Gasteiger partial charge in [-0.25, -0.2) is 4.98 Å². The van der Waals surface area contributed by atoms with Gasteiger partial charge in [0.1, 0.15) is 0 Å². The van der Waals surface area contributed by atoms with Crippen LogP contribution in [0.15, 0.2) is 35.7 Å². The Labute approximate surface area is 147 Å². The Morgan fingerprint density at radius 1 is 1.38 bits per heavy atom. The molecule has 1 unspecified atom stereocenters. The summed E-state index contributed by atoms with van der Waals surface area (Å²) in [6.45, 7) is 2.75. The van der Waals surface area contributed by atoms with E-state index in [1.165, 1.54) is 12.0 Å². The number of thiazole rings is 1. The number of amides is 1. The summed E-state index contributed by atoms with van der Waals surface area (Å²) in [5, 5.41) is 6.34. The van der Waals surface area contributed by atoms with E-state index in [0.717, 1.165) is 43.2 Å². The van der Waals surface area contributed by atoms with E-state index in [2.05, 4.69) is 22.4 Å². The van der Waals surface area contributed by atoms with Crippen molar-refractivity contribution in [2.75, 3.05) is 26.7 Å². The molecule has 1 atom stereocenters. The van der Waals surface area contributed by atoms with Crippen LogP contribution in [-0.4, -0.2) is 42.5 Å². The molecule has 0 radical (unpaired) electrons. The maximum atomic E-state index is 12.6. The zero-order valence-electron chi connectivity index (χ0n) is 14.2. The summed E-state index contributed by atoms with van der Waals surface area (Å²) in [6, 6.07) is 10.3.